The summed E-state index contributed by atoms with van der Waals surface area (Å²) < 4.78 is 19.4. The van der Waals surface area contributed by atoms with Crippen LogP contribution in [-0.2, 0) is 14.2 Å². The molecular weight excluding hydrogens is 510 g/mol. The first kappa shape index (κ1) is 32.4. The van der Waals surface area contributed by atoms with E-state index >= 15 is 0 Å². The van der Waals surface area contributed by atoms with Crippen LogP contribution in [0.4, 0.5) is 0 Å². The molecule has 0 aromatic heterocycles. The van der Waals surface area contributed by atoms with Crippen molar-refractivity contribution in [2.75, 3.05) is 159 Å². The number of morpholine rings is 3. The SMILES string of the molecule is C[N+]1(CCN=C=NCC(CN=C=NCC[N+]2(C)CCOCC2)CN=C=NCC[N+]2(C)CCOCC2)CCOCC1. The van der Waals surface area contributed by atoms with Crippen LogP contribution in [0.15, 0.2) is 30.0 Å². The van der Waals surface area contributed by atoms with Crippen molar-refractivity contribution in [3.63, 3.8) is 0 Å². The van der Waals surface area contributed by atoms with Gasteiger partial charge in [-0.15, -0.1) is 0 Å². The number of aliphatic imine (C=N–C) groups is 6. The second-order valence-electron chi connectivity index (χ2n) is 12.0. The van der Waals surface area contributed by atoms with Crippen LogP contribution in [0.3, 0.4) is 0 Å². The van der Waals surface area contributed by atoms with Crippen molar-refractivity contribution in [1.82, 2.24) is 0 Å². The smallest absolute Gasteiger partial charge is 0.102 e. The molecule has 0 aromatic rings. The molecule has 0 N–H and O–H groups in total. The number of ether oxygens (including phenoxy) is 3. The quantitative estimate of drug-likeness (QED) is 0.215. The van der Waals surface area contributed by atoms with Gasteiger partial charge in [-0.2, -0.15) is 0 Å². The minimum atomic E-state index is 0.101. The average Bonchev–Trinajstić information content (AvgIpc) is 2.95. The first-order valence-electron chi connectivity index (χ1n) is 14.9. The maximum absolute atomic E-state index is 5.48. The third kappa shape index (κ3) is 13.0. The van der Waals surface area contributed by atoms with E-state index in [-0.39, 0.29) is 5.92 Å². The van der Waals surface area contributed by atoms with Gasteiger partial charge in [-0.1, -0.05) is 0 Å². The van der Waals surface area contributed by atoms with Crippen LogP contribution < -0.4 is 0 Å². The first-order chi connectivity index (χ1) is 19.4. The minimum absolute atomic E-state index is 0.101. The summed E-state index contributed by atoms with van der Waals surface area (Å²) in [6.45, 7) is 17.9. The lowest BCUT2D eigenvalue weighted by Gasteiger charge is -2.36. The third-order valence-electron chi connectivity index (χ3n) is 8.38. The molecule has 3 aliphatic heterocycles. The summed E-state index contributed by atoms with van der Waals surface area (Å²) in [5, 5.41) is 0. The largest absolute Gasteiger partial charge is 0.370 e. The Morgan fingerprint density at radius 3 is 1.02 bits per heavy atom. The molecule has 0 saturated carbocycles. The van der Waals surface area contributed by atoms with Crippen molar-refractivity contribution < 1.29 is 27.7 Å². The number of hydrogen-bond acceptors (Lipinski definition) is 9. The molecule has 3 heterocycles. The molecule has 3 rings (SSSR count). The molecule has 3 fully saturated rings. The fourth-order valence-electron chi connectivity index (χ4n) is 4.88. The van der Waals surface area contributed by atoms with Crippen LogP contribution in [-0.4, -0.2) is 190 Å². The second-order valence-corrected chi connectivity index (χ2v) is 12.0. The monoisotopic (exact) mass is 562 g/mol. The van der Waals surface area contributed by atoms with Crippen LogP contribution in [0, 0.1) is 5.92 Å². The average molecular weight is 563 g/mol. The molecular formula is C28H52N9O3+3. The molecule has 0 amide bonds. The lowest BCUT2D eigenvalue weighted by atomic mass is 10.1. The van der Waals surface area contributed by atoms with Gasteiger partial charge < -0.3 is 27.7 Å². The van der Waals surface area contributed by atoms with Crippen LogP contribution >= 0.6 is 0 Å². The fraction of sp³-hybridized carbons (Fsp3) is 0.893. The number of likely N-dealkylation sites (N-methyl/N-ethyl adjacent to an activating group) is 3. The van der Waals surface area contributed by atoms with Crippen LogP contribution in [0.5, 0.6) is 0 Å². The molecule has 3 saturated heterocycles. The van der Waals surface area contributed by atoms with Crippen molar-refractivity contribution in [3.8, 4) is 0 Å². The Morgan fingerprint density at radius 1 is 0.475 bits per heavy atom. The highest BCUT2D eigenvalue weighted by atomic mass is 16.5. The predicted octanol–water partition coefficient (Wildman–Crippen LogP) is 0.555. The number of quaternary nitrogens is 3. The summed E-state index contributed by atoms with van der Waals surface area (Å²) >= 11 is 0. The summed E-state index contributed by atoms with van der Waals surface area (Å²) in [6.07, 6.45) is 0. The van der Waals surface area contributed by atoms with Gasteiger partial charge in [0.05, 0.1) is 138 Å². The maximum Gasteiger partial charge on any atom is 0.102 e. The van der Waals surface area contributed by atoms with Gasteiger partial charge in [-0.25, -0.2) is 30.0 Å². The van der Waals surface area contributed by atoms with Gasteiger partial charge in [-0.05, 0) is 0 Å². The van der Waals surface area contributed by atoms with E-state index in [0.717, 1.165) is 112 Å². The Morgan fingerprint density at radius 2 is 0.750 bits per heavy atom. The summed E-state index contributed by atoms with van der Waals surface area (Å²) in [5.74, 6) is 0.101. The molecule has 0 bridgehead atoms. The van der Waals surface area contributed by atoms with E-state index in [4.69, 9.17) is 14.2 Å². The summed E-state index contributed by atoms with van der Waals surface area (Å²) in [5.41, 5.74) is 0. The number of rotatable bonds is 15. The highest BCUT2D eigenvalue weighted by molar-refractivity contribution is 5.42. The third-order valence-corrected chi connectivity index (χ3v) is 8.38. The van der Waals surface area contributed by atoms with Crippen molar-refractivity contribution >= 4 is 18.0 Å². The van der Waals surface area contributed by atoms with Crippen LogP contribution in [0.2, 0.25) is 0 Å². The van der Waals surface area contributed by atoms with E-state index in [2.05, 4.69) is 69.1 Å². The van der Waals surface area contributed by atoms with Gasteiger partial charge in [-0.3, -0.25) is 0 Å². The van der Waals surface area contributed by atoms with Gasteiger partial charge in [0.25, 0.3) is 0 Å². The summed E-state index contributed by atoms with van der Waals surface area (Å²) in [7, 11) is 6.78. The van der Waals surface area contributed by atoms with E-state index in [0.29, 0.717) is 39.3 Å². The number of hydrogen-bond donors (Lipinski definition) is 0. The zero-order valence-electron chi connectivity index (χ0n) is 25.2. The van der Waals surface area contributed by atoms with Crippen molar-refractivity contribution in [1.29, 1.82) is 0 Å². The highest BCUT2D eigenvalue weighted by Crippen LogP contribution is 2.08. The molecule has 3 aliphatic rings. The minimum Gasteiger partial charge on any atom is -0.370 e. The Labute approximate surface area is 240 Å². The van der Waals surface area contributed by atoms with E-state index in [1.807, 2.05) is 0 Å². The fourth-order valence-corrected chi connectivity index (χ4v) is 4.88. The first-order valence-corrected chi connectivity index (χ1v) is 14.9. The number of nitrogens with zero attached hydrogens (tertiary/aromatic N) is 9. The Balaban J connectivity index is 1.45. The molecule has 12 nitrogen and oxygen atoms in total. The van der Waals surface area contributed by atoms with Crippen molar-refractivity contribution in [3.05, 3.63) is 0 Å². The summed E-state index contributed by atoms with van der Waals surface area (Å²) in [6, 6.07) is 8.66. The second kappa shape index (κ2) is 17.7. The Hall–Kier alpha value is -2.10. The van der Waals surface area contributed by atoms with Gasteiger partial charge in [0.15, 0.2) is 0 Å². The molecule has 40 heavy (non-hydrogen) atoms. The van der Waals surface area contributed by atoms with Crippen molar-refractivity contribution in [2.45, 2.75) is 0 Å². The van der Waals surface area contributed by atoms with E-state index in [1.165, 1.54) is 0 Å². The Kier molecular flexibility index (Phi) is 14.3. The zero-order chi connectivity index (χ0) is 28.4. The molecule has 0 unspecified atom stereocenters. The van der Waals surface area contributed by atoms with Gasteiger partial charge in [0, 0.05) is 5.92 Å². The van der Waals surface area contributed by atoms with E-state index < -0.39 is 0 Å². The molecule has 0 aliphatic carbocycles. The van der Waals surface area contributed by atoms with Gasteiger partial charge in [0.2, 0.25) is 0 Å². The van der Waals surface area contributed by atoms with Crippen molar-refractivity contribution in [2.24, 2.45) is 35.9 Å². The molecule has 12 heteroatoms. The normalized spacial score (nSPS) is 22.0. The van der Waals surface area contributed by atoms with Gasteiger partial charge in [0.1, 0.15) is 39.3 Å². The highest BCUT2D eigenvalue weighted by Gasteiger charge is 2.26. The van der Waals surface area contributed by atoms with Crippen LogP contribution in [0.1, 0.15) is 0 Å². The molecule has 0 spiro atoms. The Bertz CT molecular complexity index is 800. The standard InChI is InChI=1S/C28H52N9O3/c1-35(10-16-38-17-11-35)7-4-29-25-32-22-28(23-33-26-30-5-8-36(2)12-18-39-19-13-36)24-34-27-31-6-9-37(3)14-20-40-21-15-37/h28H,4-24H2,1-3H3/q+3. The molecule has 0 aromatic carbocycles. The zero-order valence-corrected chi connectivity index (χ0v) is 25.2. The predicted molar refractivity (Wildman–Crippen MR) is 157 cm³/mol. The summed E-state index contributed by atoms with van der Waals surface area (Å²) in [4.78, 5) is 26.5. The topological polar surface area (TPSA) is 102 Å². The van der Waals surface area contributed by atoms with Crippen LogP contribution in [0.25, 0.3) is 0 Å². The maximum atomic E-state index is 5.48. The molecule has 224 valence electrons. The van der Waals surface area contributed by atoms with Gasteiger partial charge >= 0.3 is 0 Å². The van der Waals surface area contributed by atoms with E-state index in [9.17, 15) is 0 Å². The lowest BCUT2D eigenvalue weighted by molar-refractivity contribution is -0.915. The van der Waals surface area contributed by atoms with E-state index in [1.54, 1.807) is 0 Å². The lowest BCUT2D eigenvalue weighted by Crippen LogP contribution is -2.53. The molecule has 0 atom stereocenters. The molecule has 0 radical (unpaired) electrons.